The maximum Gasteiger partial charge on any atom is 0.335 e. The van der Waals surface area contributed by atoms with Gasteiger partial charge >= 0.3 is 5.97 Å². The number of rotatable bonds is 3. The fourth-order valence-corrected chi connectivity index (χ4v) is 3.01. The molecule has 0 aromatic heterocycles. The lowest BCUT2D eigenvalue weighted by Crippen LogP contribution is -2.24. The molecule has 2 rings (SSSR count). The SMILES string of the molecule is CCC1CCCN(c2ccc(C(=O)O)cc2Cl)CC1. The van der Waals surface area contributed by atoms with Crippen molar-refractivity contribution in [2.75, 3.05) is 18.0 Å². The molecule has 4 heteroatoms. The number of nitrogens with zero attached hydrogens (tertiary/aromatic N) is 1. The Morgan fingerprint density at radius 3 is 2.84 bits per heavy atom. The fraction of sp³-hybridized carbons (Fsp3) is 0.533. The molecule has 1 saturated heterocycles. The van der Waals surface area contributed by atoms with E-state index in [2.05, 4.69) is 11.8 Å². The highest BCUT2D eigenvalue weighted by Crippen LogP contribution is 2.30. The molecular formula is C15H20ClNO2. The van der Waals surface area contributed by atoms with Crippen molar-refractivity contribution in [1.29, 1.82) is 0 Å². The van der Waals surface area contributed by atoms with Crippen LogP contribution in [0.3, 0.4) is 0 Å². The molecule has 0 amide bonds. The second-order valence-electron chi connectivity index (χ2n) is 5.16. The van der Waals surface area contributed by atoms with Crippen LogP contribution in [0.15, 0.2) is 18.2 Å². The highest BCUT2D eigenvalue weighted by Gasteiger charge is 2.18. The quantitative estimate of drug-likeness (QED) is 0.908. The van der Waals surface area contributed by atoms with Crippen LogP contribution in [0.2, 0.25) is 5.02 Å². The van der Waals surface area contributed by atoms with Crippen molar-refractivity contribution in [3.63, 3.8) is 0 Å². The van der Waals surface area contributed by atoms with Crippen LogP contribution in [-0.2, 0) is 0 Å². The zero-order valence-electron chi connectivity index (χ0n) is 11.2. The number of halogens is 1. The van der Waals surface area contributed by atoms with E-state index in [1.54, 1.807) is 12.1 Å². The predicted molar refractivity (Wildman–Crippen MR) is 78.3 cm³/mol. The molecule has 1 fully saturated rings. The van der Waals surface area contributed by atoms with Gasteiger partial charge in [-0.3, -0.25) is 0 Å². The summed E-state index contributed by atoms with van der Waals surface area (Å²) in [5.74, 6) is -0.127. The van der Waals surface area contributed by atoms with E-state index in [4.69, 9.17) is 16.7 Å². The number of carboxylic acids is 1. The van der Waals surface area contributed by atoms with E-state index in [0.717, 1.165) is 24.7 Å². The third-order valence-corrected chi connectivity index (χ3v) is 4.26. The van der Waals surface area contributed by atoms with Crippen molar-refractivity contribution in [3.05, 3.63) is 28.8 Å². The Bertz CT molecular complexity index is 461. The maximum atomic E-state index is 10.9. The Morgan fingerprint density at radius 1 is 1.42 bits per heavy atom. The third kappa shape index (κ3) is 3.41. The summed E-state index contributed by atoms with van der Waals surface area (Å²) < 4.78 is 0. The normalized spacial score (nSPS) is 20.1. The largest absolute Gasteiger partial charge is 0.478 e. The number of carbonyl (C=O) groups is 1. The van der Waals surface area contributed by atoms with Crippen LogP contribution in [0.1, 0.15) is 43.0 Å². The van der Waals surface area contributed by atoms with Crippen molar-refractivity contribution in [1.82, 2.24) is 0 Å². The van der Waals surface area contributed by atoms with Gasteiger partial charge in [-0.05, 0) is 43.4 Å². The molecule has 1 unspecified atom stereocenters. The molecule has 19 heavy (non-hydrogen) atoms. The highest BCUT2D eigenvalue weighted by molar-refractivity contribution is 6.33. The Balaban J connectivity index is 2.15. The molecule has 1 atom stereocenters. The minimum absolute atomic E-state index is 0.245. The molecule has 1 aliphatic rings. The molecule has 104 valence electrons. The summed E-state index contributed by atoms with van der Waals surface area (Å²) in [5, 5.41) is 9.49. The standard InChI is InChI=1S/C15H20ClNO2/c1-2-11-4-3-8-17(9-7-11)14-6-5-12(15(18)19)10-13(14)16/h5-6,10-11H,2-4,7-9H2,1H3,(H,18,19). The topological polar surface area (TPSA) is 40.5 Å². The highest BCUT2D eigenvalue weighted by atomic mass is 35.5. The van der Waals surface area contributed by atoms with Crippen LogP contribution in [-0.4, -0.2) is 24.2 Å². The Hall–Kier alpha value is -1.22. The van der Waals surface area contributed by atoms with Crippen LogP contribution in [0.25, 0.3) is 0 Å². The molecule has 1 aliphatic heterocycles. The number of anilines is 1. The van der Waals surface area contributed by atoms with E-state index >= 15 is 0 Å². The molecule has 1 N–H and O–H groups in total. The first kappa shape index (κ1) is 14.2. The van der Waals surface area contributed by atoms with Gasteiger partial charge in [0.2, 0.25) is 0 Å². The van der Waals surface area contributed by atoms with Crippen LogP contribution in [0.5, 0.6) is 0 Å². The number of benzene rings is 1. The lowest BCUT2D eigenvalue weighted by atomic mass is 9.98. The maximum absolute atomic E-state index is 10.9. The first-order chi connectivity index (χ1) is 9.11. The molecule has 0 radical (unpaired) electrons. The van der Waals surface area contributed by atoms with Crippen molar-refractivity contribution in [2.24, 2.45) is 5.92 Å². The number of carboxylic acid groups (broad SMARTS) is 1. The summed E-state index contributed by atoms with van der Waals surface area (Å²) in [4.78, 5) is 13.2. The fourth-order valence-electron chi connectivity index (χ4n) is 2.71. The summed E-state index contributed by atoms with van der Waals surface area (Å²) in [7, 11) is 0. The minimum Gasteiger partial charge on any atom is -0.478 e. The summed E-state index contributed by atoms with van der Waals surface area (Å²) in [6.45, 7) is 4.25. The van der Waals surface area contributed by atoms with Gasteiger partial charge in [-0.15, -0.1) is 0 Å². The van der Waals surface area contributed by atoms with Gasteiger partial charge in [0.25, 0.3) is 0 Å². The van der Waals surface area contributed by atoms with Gasteiger partial charge < -0.3 is 10.0 Å². The van der Waals surface area contributed by atoms with Crippen molar-refractivity contribution in [3.8, 4) is 0 Å². The molecule has 1 aromatic carbocycles. The Kier molecular flexibility index (Phi) is 4.70. The smallest absolute Gasteiger partial charge is 0.335 e. The van der Waals surface area contributed by atoms with E-state index in [1.807, 2.05) is 6.07 Å². The number of hydrogen-bond acceptors (Lipinski definition) is 2. The minimum atomic E-state index is -0.935. The zero-order chi connectivity index (χ0) is 13.8. The van der Waals surface area contributed by atoms with Gasteiger partial charge in [0.1, 0.15) is 0 Å². The van der Waals surface area contributed by atoms with E-state index in [1.165, 1.54) is 25.7 Å². The zero-order valence-corrected chi connectivity index (χ0v) is 12.0. The first-order valence-electron chi connectivity index (χ1n) is 6.89. The number of hydrogen-bond donors (Lipinski definition) is 1. The first-order valence-corrected chi connectivity index (χ1v) is 7.27. The second-order valence-corrected chi connectivity index (χ2v) is 5.57. The third-order valence-electron chi connectivity index (χ3n) is 3.96. The summed E-state index contributed by atoms with van der Waals surface area (Å²) >= 11 is 6.23. The molecular weight excluding hydrogens is 262 g/mol. The average Bonchev–Trinajstić information content (AvgIpc) is 2.63. The van der Waals surface area contributed by atoms with Crippen LogP contribution in [0, 0.1) is 5.92 Å². The van der Waals surface area contributed by atoms with Crippen molar-refractivity contribution < 1.29 is 9.90 Å². The number of aromatic carboxylic acids is 1. The van der Waals surface area contributed by atoms with Crippen LogP contribution in [0.4, 0.5) is 5.69 Å². The van der Waals surface area contributed by atoms with Gasteiger partial charge in [-0.2, -0.15) is 0 Å². The molecule has 3 nitrogen and oxygen atoms in total. The monoisotopic (exact) mass is 281 g/mol. The summed E-state index contributed by atoms with van der Waals surface area (Å²) in [6, 6.07) is 5.01. The molecule has 1 heterocycles. The average molecular weight is 282 g/mol. The van der Waals surface area contributed by atoms with E-state index in [-0.39, 0.29) is 5.56 Å². The van der Waals surface area contributed by atoms with E-state index in [0.29, 0.717) is 5.02 Å². The van der Waals surface area contributed by atoms with E-state index in [9.17, 15) is 4.79 Å². The predicted octanol–water partition coefficient (Wildman–Crippen LogP) is 4.05. The molecule has 0 spiro atoms. The lowest BCUT2D eigenvalue weighted by Gasteiger charge is -2.24. The molecule has 0 aliphatic carbocycles. The molecule has 1 aromatic rings. The van der Waals surface area contributed by atoms with Gasteiger partial charge in [0, 0.05) is 13.1 Å². The van der Waals surface area contributed by atoms with Crippen LogP contribution < -0.4 is 4.90 Å². The lowest BCUT2D eigenvalue weighted by molar-refractivity contribution is 0.0697. The van der Waals surface area contributed by atoms with Gasteiger partial charge in [-0.1, -0.05) is 24.9 Å². The second kappa shape index (κ2) is 6.29. The Morgan fingerprint density at radius 2 is 2.21 bits per heavy atom. The van der Waals surface area contributed by atoms with E-state index < -0.39 is 5.97 Å². The van der Waals surface area contributed by atoms with Gasteiger partial charge in [-0.25, -0.2) is 4.79 Å². The molecule has 0 saturated carbocycles. The molecule has 0 bridgehead atoms. The van der Waals surface area contributed by atoms with Crippen LogP contribution >= 0.6 is 11.6 Å². The Labute approximate surface area is 119 Å². The summed E-state index contributed by atoms with van der Waals surface area (Å²) in [5.41, 5.74) is 1.21. The van der Waals surface area contributed by atoms with Crippen molar-refractivity contribution >= 4 is 23.3 Å². The van der Waals surface area contributed by atoms with Gasteiger partial charge in [0.15, 0.2) is 0 Å². The van der Waals surface area contributed by atoms with Gasteiger partial charge in [0.05, 0.1) is 16.3 Å². The van der Waals surface area contributed by atoms with Crippen molar-refractivity contribution in [2.45, 2.75) is 32.6 Å². The summed E-state index contributed by atoms with van der Waals surface area (Å²) in [6.07, 6.45) is 4.88.